The Labute approximate surface area is 169 Å². The minimum atomic E-state index is -4.84. The van der Waals surface area contributed by atoms with E-state index in [4.69, 9.17) is 0 Å². The first-order valence-corrected chi connectivity index (χ1v) is 9.14. The first-order chi connectivity index (χ1) is 14.3. The molecule has 0 saturated heterocycles. The maximum Gasteiger partial charge on any atom is 0.423 e. The maximum absolute atomic E-state index is 13.2. The molecule has 3 heterocycles. The highest BCUT2D eigenvalue weighted by atomic mass is 19.4. The zero-order valence-electron chi connectivity index (χ0n) is 15.9. The van der Waals surface area contributed by atoms with Gasteiger partial charge in [-0.05, 0) is 29.7 Å². The standard InChI is InChI=1S/C20H17F3N6O/c1-2-19(30,20(21,22)23)18-11-29(28-27-18)10-13-3-4-16-15(5-6-26-17(16)7-13)14-8-24-12-25-9-14/h3-9,11-12,30H,2,10H2,1H3. The Balaban J connectivity index is 1.64. The van der Waals surface area contributed by atoms with E-state index in [0.29, 0.717) is 0 Å². The third kappa shape index (κ3) is 3.50. The monoisotopic (exact) mass is 414 g/mol. The van der Waals surface area contributed by atoms with Crippen LogP contribution in [-0.4, -0.2) is 41.2 Å². The molecular weight excluding hydrogens is 397 g/mol. The van der Waals surface area contributed by atoms with Crippen molar-refractivity contribution in [1.82, 2.24) is 29.9 Å². The minimum Gasteiger partial charge on any atom is -0.375 e. The summed E-state index contributed by atoms with van der Waals surface area (Å²) in [6.45, 7) is 1.43. The van der Waals surface area contributed by atoms with Gasteiger partial charge in [-0.2, -0.15) is 13.2 Å². The fraction of sp³-hybridized carbons (Fsp3) is 0.250. The van der Waals surface area contributed by atoms with Gasteiger partial charge in [-0.3, -0.25) is 4.98 Å². The SMILES string of the molecule is CCC(O)(c1cn(Cc2ccc3c(-c4cncnc4)ccnc3c2)nn1)C(F)(F)F. The van der Waals surface area contributed by atoms with E-state index < -0.39 is 23.9 Å². The van der Waals surface area contributed by atoms with Gasteiger partial charge in [-0.1, -0.05) is 24.3 Å². The van der Waals surface area contributed by atoms with E-state index in [-0.39, 0.29) is 6.54 Å². The van der Waals surface area contributed by atoms with Crippen molar-refractivity contribution in [3.8, 4) is 11.1 Å². The Hall–Kier alpha value is -3.40. The van der Waals surface area contributed by atoms with E-state index in [1.807, 2.05) is 24.3 Å². The van der Waals surface area contributed by atoms with Crippen molar-refractivity contribution in [3.63, 3.8) is 0 Å². The van der Waals surface area contributed by atoms with Crippen LogP contribution in [0.2, 0.25) is 0 Å². The maximum atomic E-state index is 13.2. The fourth-order valence-corrected chi connectivity index (χ4v) is 3.26. The van der Waals surface area contributed by atoms with E-state index in [1.54, 1.807) is 18.6 Å². The molecule has 4 aromatic rings. The average molecular weight is 414 g/mol. The number of aliphatic hydroxyl groups is 1. The number of pyridine rings is 1. The van der Waals surface area contributed by atoms with Crippen molar-refractivity contribution in [2.45, 2.75) is 31.7 Å². The second-order valence-corrected chi connectivity index (χ2v) is 6.85. The molecule has 0 aliphatic carbocycles. The molecule has 3 aromatic heterocycles. The summed E-state index contributed by atoms with van der Waals surface area (Å²) in [4.78, 5) is 12.5. The van der Waals surface area contributed by atoms with Gasteiger partial charge >= 0.3 is 6.18 Å². The number of hydrogen-bond acceptors (Lipinski definition) is 6. The molecule has 0 spiro atoms. The zero-order chi connectivity index (χ0) is 21.4. The molecular formula is C20H17F3N6O. The molecule has 0 aliphatic heterocycles. The third-order valence-electron chi connectivity index (χ3n) is 4.97. The number of hydrogen-bond donors (Lipinski definition) is 1. The Morgan fingerprint density at radius 2 is 1.87 bits per heavy atom. The molecule has 10 heteroatoms. The highest BCUT2D eigenvalue weighted by Crippen LogP contribution is 2.40. The van der Waals surface area contributed by atoms with Gasteiger partial charge in [-0.15, -0.1) is 5.10 Å². The number of nitrogens with zero attached hydrogens (tertiary/aromatic N) is 6. The highest BCUT2D eigenvalue weighted by Gasteiger charge is 2.55. The van der Waals surface area contributed by atoms with E-state index in [2.05, 4.69) is 25.3 Å². The van der Waals surface area contributed by atoms with Crippen LogP contribution in [0, 0.1) is 0 Å². The highest BCUT2D eigenvalue weighted by molar-refractivity contribution is 5.94. The van der Waals surface area contributed by atoms with Crippen molar-refractivity contribution in [1.29, 1.82) is 0 Å². The lowest BCUT2D eigenvalue weighted by atomic mass is 9.96. The van der Waals surface area contributed by atoms with Crippen molar-refractivity contribution in [3.05, 3.63) is 66.6 Å². The summed E-state index contributed by atoms with van der Waals surface area (Å²) in [5.41, 5.74) is -0.279. The minimum absolute atomic E-state index is 0.181. The topological polar surface area (TPSA) is 89.6 Å². The number of fused-ring (bicyclic) bond motifs is 1. The summed E-state index contributed by atoms with van der Waals surface area (Å²) in [6.07, 6.45) is 2.27. The van der Waals surface area contributed by atoms with Crippen LogP contribution in [0.5, 0.6) is 0 Å². The van der Waals surface area contributed by atoms with Crippen LogP contribution < -0.4 is 0 Å². The lowest BCUT2D eigenvalue weighted by Crippen LogP contribution is -2.42. The van der Waals surface area contributed by atoms with Gasteiger partial charge in [0.25, 0.3) is 0 Å². The first kappa shape index (κ1) is 19.9. The van der Waals surface area contributed by atoms with Gasteiger partial charge in [0.05, 0.1) is 18.3 Å². The number of alkyl halides is 3. The van der Waals surface area contributed by atoms with E-state index in [1.165, 1.54) is 17.9 Å². The van der Waals surface area contributed by atoms with Gasteiger partial charge in [-0.25, -0.2) is 14.6 Å². The van der Waals surface area contributed by atoms with Crippen LogP contribution >= 0.6 is 0 Å². The van der Waals surface area contributed by atoms with Crippen LogP contribution in [0.25, 0.3) is 22.0 Å². The van der Waals surface area contributed by atoms with Gasteiger partial charge in [0.15, 0.2) is 0 Å². The Morgan fingerprint density at radius 1 is 1.10 bits per heavy atom. The summed E-state index contributed by atoms with van der Waals surface area (Å²) in [7, 11) is 0. The molecule has 4 rings (SSSR count). The summed E-state index contributed by atoms with van der Waals surface area (Å²) in [6, 6.07) is 7.43. The molecule has 0 fully saturated rings. The summed E-state index contributed by atoms with van der Waals surface area (Å²) in [5, 5.41) is 18.2. The molecule has 30 heavy (non-hydrogen) atoms. The lowest BCUT2D eigenvalue weighted by Gasteiger charge is -2.26. The molecule has 0 amide bonds. The van der Waals surface area contributed by atoms with Gasteiger partial charge in [0.2, 0.25) is 5.60 Å². The molecule has 1 N–H and O–H groups in total. The van der Waals surface area contributed by atoms with Crippen molar-refractivity contribution in [2.75, 3.05) is 0 Å². The van der Waals surface area contributed by atoms with Crippen molar-refractivity contribution in [2.24, 2.45) is 0 Å². The fourth-order valence-electron chi connectivity index (χ4n) is 3.26. The predicted molar refractivity (Wildman–Crippen MR) is 102 cm³/mol. The normalized spacial score (nSPS) is 14.0. The smallest absolute Gasteiger partial charge is 0.375 e. The average Bonchev–Trinajstić information content (AvgIpc) is 3.21. The summed E-state index contributed by atoms with van der Waals surface area (Å²) in [5.74, 6) is 0. The Bertz CT molecular complexity index is 1180. The zero-order valence-corrected chi connectivity index (χ0v) is 15.9. The van der Waals surface area contributed by atoms with Crippen LogP contribution in [0.15, 0.2) is 55.4 Å². The van der Waals surface area contributed by atoms with E-state index in [9.17, 15) is 18.3 Å². The lowest BCUT2D eigenvalue weighted by molar-refractivity contribution is -0.269. The Kier molecular flexibility index (Phi) is 4.94. The molecule has 0 radical (unpaired) electrons. The van der Waals surface area contributed by atoms with Gasteiger partial charge in [0.1, 0.15) is 12.0 Å². The van der Waals surface area contributed by atoms with E-state index >= 15 is 0 Å². The van der Waals surface area contributed by atoms with Gasteiger partial charge in [0, 0.05) is 29.5 Å². The number of halogens is 3. The number of aromatic nitrogens is 6. The molecule has 154 valence electrons. The number of rotatable bonds is 5. The first-order valence-electron chi connectivity index (χ1n) is 9.14. The number of benzene rings is 1. The molecule has 0 aliphatic rings. The van der Waals surface area contributed by atoms with Crippen molar-refractivity contribution < 1.29 is 18.3 Å². The molecule has 0 saturated carbocycles. The molecule has 1 unspecified atom stereocenters. The van der Waals surface area contributed by atoms with Crippen LogP contribution in [0.4, 0.5) is 13.2 Å². The molecule has 1 aromatic carbocycles. The summed E-state index contributed by atoms with van der Waals surface area (Å²) < 4.78 is 41.0. The third-order valence-corrected chi connectivity index (χ3v) is 4.97. The molecule has 1 atom stereocenters. The second kappa shape index (κ2) is 7.45. The quantitative estimate of drug-likeness (QED) is 0.538. The summed E-state index contributed by atoms with van der Waals surface area (Å²) >= 11 is 0. The largest absolute Gasteiger partial charge is 0.423 e. The van der Waals surface area contributed by atoms with Crippen molar-refractivity contribution >= 4 is 10.9 Å². The van der Waals surface area contributed by atoms with Crippen LogP contribution in [0.3, 0.4) is 0 Å². The van der Waals surface area contributed by atoms with E-state index in [0.717, 1.165) is 33.8 Å². The second-order valence-electron chi connectivity index (χ2n) is 6.85. The van der Waals surface area contributed by atoms with Crippen LogP contribution in [0.1, 0.15) is 24.6 Å². The molecule has 0 bridgehead atoms. The molecule has 7 nitrogen and oxygen atoms in total. The predicted octanol–water partition coefficient (Wildman–Crippen LogP) is 3.49. The van der Waals surface area contributed by atoms with Gasteiger partial charge < -0.3 is 5.11 Å². The van der Waals surface area contributed by atoms with Crippen LogP contribution in [-0.2, 0) is 12.1 Å². The Morgan fingerprint density at radius 3 is 2.57 bits per heavy atom.